The van der Waals surface area contributed by atoms with Crippen LogP contribution in [0.5, 0.6) is 0 Å². The summed E-state index contributed by atoms with van der Waals surface area (Å²) in [4.78, 5) is 43.0. The number of para-hydroxylation sites is 1. The molecule has 0 bridgehead atoms. The largest absolute Gasteiger partial charge is 0.444 e. The molecule has 2 aromatic rings. The van der Waals surface area contributed by atoms with Crippen LogP contribution >= 0.6 is 11.6 Å². The third-order valence-corrected chi connectivity index (χ3v) is 7.21. The monoisotopic (exact) mass is 585 g/mol. The van der Waals surface area contributed by atoms with Gasteiger partial charge in [0.05, 0.1) is 10.7 Å². The fourth-order valence-electron chi connectivity index (χ4n) is 4.77. The predicted octanol–water partition coefficient (Wildman–Crippen LogP) is 7.90. The second kappa shape index (κ2) is 15.2. The Morgan fingerprint density at radius 3 is 2.22 bits per heavy atom. The third-order valence-electron chi connectivity index (χ3n) is 6.89. The number of carbonyl (C=O) groups excluding carboxylic acids is 3. The quantitative estimate of drug-likeness (QED) is 0.248. The van der Waals surface area contributed by atoms with Gasteiger partial charge < -0.3 is 20.3 Å². The van der Waals surface area contributed by atoms with E-state index in [2.05, 4.69) is 17.6 Å². The summed E-state index contributed by atoms with van der Waals surface area (Å²) >= 11 is 6.48. The van der Waals surface area contributed by atoms with E-state index in [-0.39, 0.29) is 17.7 Å². The van der Waals surface area contributed by atoms with Crippen molar-refractivity contribution < 1.29 is 19.1 Å². The van der Waals surface area contributed by atoms with Crippen LogP contribution < -0.4 is 10.6 Å². The number of amides is 3. The predicted molar refractivity (Wildman–Crippen MR) is 167 cm³/mol. The Labute approximate surface area is 251 Å². The summed E-state index contributed by atoms with van der Waals surface area (Å²) in [5.74, 6) is -0.947. The van der Waals surface area contributed by atoms with Crippen LogP contribution in [0, 0.1) is 26.7 Å². The number of benzene rings is 2. The zero-order chi connectivity index (χ0) is 30.9. The fourth-order valence-corrected chi connectivity index (χ4v) is 5.04. The van der Waals surface area contributed by atoms with E-state index in [9.17, 15) is 14.4 Å². The lowest BCUT2D eigenvalue weighted by atomic mass is 9.94. The van der Waals surface area contributed by atoms with Crippen molar-refractivity contribution in [1.82, 2.24) is 10.2 Å². The summed E-state index contributed by atoms with van der Waals surface area (Å²) < 4.78 is 5.48. The van der Waals surface area contributed by atoms with Gasteiger partial charge in [-0.05, 0) is 76.6 Å². The first-order valence-electron chi connectivity index (χ1n) is 14.6. The summed E-state index contributed by atoms with van der Waals surface area (Å²) in [5.41, 5.74) is 3.29. The number of nitrogens with zero attached hydrogens (tertiary/aromatic N) is 1. The molecule has 0 aliphatic rings. The number of hydrogen-bond donors (Lipinski definition) is 2. The first-order valence-corrected chi connectivity index (χ1v) is 15.0. The van der Waals surface area contributed by atoms with Crippen LogP contribution in [0.3, 0.4) is 0 Å². The van der Waals surface area contributed by atoms with E-state index in [0.717, 1.165) is 47.9 Å². The maximum atomic E-state index is 14.4. The summed E-state index contributed by atoms with van der Waals surface area (Å²) in [5, 5.41) is 6.23. The Kier molecular flexibility index (Phi) is 12.7. The lowest BCUT2D eigenvalue weighted by Gasteiger charge is -2.36. The normalized spacial score (nSPS) is 13.0. The Balaban J connectivity index is 2.62. The van der Waals surface area contributed by atoms with Gasteiger partial charge in [-0.3, -0.25) is 9.59 Å². The molecule has 0 saturated carbocycles. The zero-order valence-electron chi connectivity index (χ0n) is 26.2. The highest BCUT2D eigenvalue weighted by atomic mass is 35.5. The number of hydrogen-bond acceptors (Lipinski definition) is 4. The smallest absolute Gasteiger partial charge is 0.408 e. The van der Waals surface area contributed by atoms with E-state index in [4.69, 9.17) is 16.3 Å². The molecule has 7 nitrogen and oxygen atoms in total. The lowest BCUT2D eigenvalue weighted by Crippen LogP contribution is -2.54. The van der Waals surface area contributed by atoms with Crippen LogP contribution in [0.2, 0.25) is 5.02 Å². The molecule has 2 unspecified atom stereocenters. The number of halogens is 1. The van der Waals surface area contributed by atoms with Crippen molar-refractivity contribution in [3.63, 3.8) is 0 Å². The fraction of sp³-hybridized carbons (Fsp3) is 0.545. The van der Waals surface area contributed by atoms with Crippen LogP contribution in [-0.2, 0) is 14.3 Å². The number of anilines is 1. The molecule has 3 amide bonds. The van der Waals surface area contributed by atoms with Gasteiger partial charge in [-0.1, -0.05) is 87.5 Å². The minimum Gasteiger partial charge on any atom is -0.444 e. The van der Waals surface area contributed by atoms with Gasteiger partial charge in [-0.25, -0.2) is 4.79 Å². The second-order valence-electron chi connectivity index (χ2n) is 12.1. The second-order valence-corrected chi connectivity index (χ2v) is 12.6. The maximum Gasteiger partial charge on any atom is 0.408 e. The van der Waals surface area contributed by atoms with E-state index in [1.54, 1.807) is 31.7 Å². The molecule has 0 spiro atoms. The third kappa shape index (κ3) is 10.1. The Hall–Kier alpha value is -3.06. The van der Waals surface area contributed by atoms with Crippen molar-refractivity contribution >= 4 is 35.2 Å². The molecule has 0 heterocycles. The van der Waals surface area contributed by atoms with Gasteiger partial charge in [-0.15, -0.1) is 0 Å². The molecule has 2 aromatic carbocycles. The van der Waals surface area contributed by atoms with Gasteiger partial charge in [0.2, 0.25) is 5.91 Å². The van der Waals surface area contributed by atoms with E-state index >= 15 is 0 Å². The van der Waals surface area contributed by atoms with Crippen molar-refractivity contribution in [2.75, 3.05) is 11.9 Å². The summed E-state index contributed by atoms with van der Waals surface area (Å²) in [6.45, 7) is 17.4. The maximum absolute atomic E-state index is 14.4. The molecule has 0 aliphatic carbocycles. The molecule has 2 atom stereocenters. The average Bonchev–Trinajstić information content (AvgIpc) is 2.86. The molecule has 0 saturated heterocycles. The molecule has 0 aromatic heterocycles. The van der Waals surface area contributed by atoms with Gasteiger partial charge in [0.1, 0.15) is 17.7 Å². The van der Waals surface area contributed by atoms with Crippen molar-refractivity contribution in [3.8, 4) is 0 Å². The van der Waals surface area contributed by atoms with Gasteiger partial charge in [0.25, 0.3) is 5.91 Å². The van der Waals surface area contributed by atoms with Gasteiger partial charge in [0.15, 0.2) is 0 Å². The summed E-state index contributed by atoms with van der Waals surface area (Å²) in [6.07, 6.45) is 3.02. The van der Waals surface area contributed by atoms with Gasteiger partial charge in [-0.2, -0.15) is 0 Å². The number of carbonyl (C=O) groups is 3. The van der Waals surface area contributed by atoms with Crippen molar-refractivity contribution in [3.05, 3.63) is 63.7 Å². The lowest BCUT2D eigenvalue weighted by molar-refractivity contribution is -0.141. The number of ether oxygens (including phenoxy) is 1. The number of alkyl carbamates (subject to hydrolysis) is 1. The molecule has 8 heteroatoms. The number of unbranched alkanes of at least 4 members (excludes halogenated alkanes) is 3. The molecule has 0 fully saturated rings. The zero-order valence-corrected chi connectivity index (χ0v) is 26.9. The van der Waals surface area contributed by atoms with Crippen LogP contribution in [-0.4, -0.2) is 41.0 Å². The topological polar surface area (TPSA) is 87.7 Å². The van der Waals surface area contributed by atoms with E-state index in [1.807, 2.05) is 65.0 Å². The molecule has 0 radical (unpaired) electrons. The molecule has 0 aliphatic heterocycles. The van der Waals surface area contributed by atoms with Crippen molar-refractivity contribution in [1.29, 1.82) is 0 Å². The number of rotatable bonds is 12. The number of aryl methyl sites for hydroxylation is 3. The SMILES string of the molecule is CCCCCCN(C(=O)C(NC(=O)OC(C)(C)C)C(C)C)C(C(=O)Nc1c(C)cccc1Cl)c1ccc(C)cc1C. The van der Waals surface area contributed by atoms with Crippen LogP contribution in [0.15, 0.2) is 36.4 Å². The van der Waals surface area contributed by atoms with Gasteiger partial charge >= 0.3 is 6.09 Å². The van der Waals surface area contributed by atoms with E-state index in [1.165, 1.54) is 0 Å². The minimum atomic E-state index is -0.943. The molecule has 226 valence electrons. The average molecular weight is 586 g/mol. The summed E-state index contributed by atoms with van der Waals surface area (Å²) in [7, 11) is 0. The molecule has 41 heavy (non-hydrogen) atoms. The van der Waals surface area contributed by atoms with Crippen molar-refractivity contribution in [2.24, 2.45) is 5.92 Å². The standard InChI is InChI=1S/C33H48ClN3O4/c1-10-11-12-13-19-37(31(39)27(21(2)3)36-32(40)41-33(7,8)9)29(25-18-17-22(4)20-24(25)6)30(38)35-28-23(5)15-14-16-26(28)34/h14-18,20-21,27,29H,10-13,19H2,1-9H3,(H,35,38)(H,36,40). The highest BCUT2D eigenvalue weighted by Gasteiger charge is 2.38. The highest BCUT2D eigenvalue weighted by molar-refractivity contribution is 6.34. The summed E-state index contributed by atoms with van der Waals surface area (Å²) in [6, 6.07) is 9.46. The Morgan fingerprint density at radius 2 is 1.66 bits per heavy atom. The van der Waals surface area contributed by atoms with Crippen LogP contribution in [0.1, 0.15) is 95.5 Å². The molecular weight excluding hydrogens is 538 g/mol. The minimum absolute atomic E-state index is 0.248. The van der Waals surface area contributed by atoms with Crippen molar-refractivity contribution in [2.45, 2.75) is 106 Å². The molecular formula is C33H48ClN3O4. The van der Waals surface area contributed by atoms with Gasteiger partial charge in [0, 0.05) is 6.54 Å². The molecule has 2 rings (SSSR count). The number of nitrogens with one attached hydrogen (secondary N) is 2. The van der Waals surface area contributed by atoms with Crippen LogP contribution in [0.4, 0.5) is 10.5 Å². The Morgan fingerprint density at radius 1 is 0.976 bits per heavy atom. The first kappa shape index (κ1) is 34.1. The van der Waals surface area contributed by atoms with E-state index < -0.39 is 23.8 Å². The van der Waals surface area contributed by atoms with E-state index in [0.29, 0.717) is 17.3 Å². The van der Waals surface area contributed by atoms with Crippen LogP contribution in [0.25, 0.3) is 0 Å². The Bertz CT molecular complexity index is 1190. The highest BCUT2D eigenvalue weighted by Crippen LogP contribution is 2.31. The first-order chi connectivity index (χ1) is 19.2. The molecule has 2 N–H and O–H groups in total.